The van der Waals surface area contributed by atoms with Gasteiger partial charge in [0.15, 0.2) is 0 Å². The minimum Gasteiger partial charge on any atom is -0.822 e. The Morgan fingerprint density at radius 3 is 0.367 bits per heavy atom. The van der Waals surface area contributed by atoms with Crippen molar-refractivity contribution in [2.24, 2.45) is 0 Å². The fourth-order valence-corrected chi connectivity index (χ4v) is 0. The molecule has 0 fully saturated rings. The molecule has 0 aromatic heterocycles. The Kier molecular flexibility index (Phi) is 64.7. The zero-order valence-corrected chi connectivity index (χ0v) is 28.4. The average molecular weight is 869 g/mol. The molecule has 0 bridgehead atoms. The summed E-state index contributed by atoms with van der Waals surface area (Å²) in [6.07, 6.45) is 0. The van der Waals surface area contributed by atoms with Crippen LogP contribution in [0.3, 0.4) is 0 Å². The largest absolute Gasteiger partial charge is 5.00 e. The second-order valence-electron chi connectivity index (χ2n) is 2.24. The van der Waals surface area contributed by atoms with Crippen LogP contribution in [0.2, 0.25) is 0 Å². The number of hydrogen-bond acceptors (Lipinski definition) is 20. The first-order chi connectivity index (χ1) is 10.0. The van der Waals surface area contributed by atoms with Crippen molar-refractivity contribution in [1.29, 1.82) is 0 Å². The zero-order chi connectivity index (χ0) is 22.5. The smallest absolute Gasteiger partial charge is 0.822 e. The molecule has 0 atom stereocenters. The third-order valence-corrected chi connectivity index (χ3v) is 0. The second kappa shape index (κ2) is 30.0. The summed E-state index contributed by atoms with van der Waals surface area (Å²) in [6.45, 7) is 0. The molecule has 0 saturated heterocycles. The van der Waals surface area contributed by atoms with Crippen LogP contribution in [0.5, 0.6) is 0 Å². The fraction of sp³-hybridized carbons (Fsp3) is 0. The summed E-state index contributed by atoms with van der Waals surface area (Å²) < 4.78 is 42.7. The summed E-state index contributed by atoms with van der Waals surface area (Å²) in [5.74, 6) is 0. The van der Waals surface area contributed by atoms with E-state index in [4.69, 9.17) is 96.2 Å². The van der Waals surface area contributed by atoms with Gasteiger partial charge in [-0.2, -0.15) is 39.1 Å². The van der Waals surface area contributed by atoms with Crippen molar-refractivity contribution in [2.75, 3.05) is 0 Å². The maximum Gasteiger partial charge on any atom is 5.00 e. The molecular formula is AlLiO20P5SrTaZr. The van der Waals surface area contributed by atoms with Crippen LogP contribution in [0, 0.1) is 0 Å². The van der Waals surface area contributed by atoms with Gasteiger partial charge in [0.05, 0.1) is 0 Å². The minimum atomic E-state index is -5.39. The molecule has 20 nitrogen and oxygen atoms in total. The Bertz CT molecular complexity index is 396. The van der Waals surface area contributed by atoms with E-state index in [1.165, 1.54) is 0 Å². The zero-order valence-electron chi connectivity index (χ0n) is 13.6. The SMILES string of the molecule is O=P([O-])([O-])[O-].O=P([O-])([O-])[O-].O=P([O-])([O-])[O-].O=P([O-])([O-])[O-].O=P([O-])([O-])[O-].[Al+3].[Li+].[Sr+2].[Ta+5].[Zr+4]. The second-order valence-corrected chi connectivity index (χ2v) is 6.71. The van der Waals surface area contributed by atoms with Crippen molar-refractivity contribution in [2.45, 2.75) is 0 Å². The first kappa shape index (κ1) is 64.6. The Balaban J connectivity index is -0.0000000200. The number of phosphoric acid groups is 5. The predicted octanol–water partition coefficient (Wildman–Crippen LogP) is -17.9. The molecule has 0 aromatic rings. The van der Waals surface area contributed by atoms with E-state index in [0.717, 1.165) is 0 Å². The van der Waals surface area contributed by atoms with Gasteiger partial charge in [0.25, 0.3) is 0 Å². The molecule has 0 spiro atoms. The quantitative estimate of drug-likeness (QED) is 0.161. The Morgan fingerprint density at radius 1 is 0.367 bits per heavy atom. The van der Waals surface area contributed by atoms with E-state index in [1.54, 1.807) is 0 Å². The number of rotatable bonds is 0. The normalized spacial score (nSPS) is 9.83. The molecule has 0 aliphatic carbocycles. The van der Waals surface area contributed by atoms with E-state index in [9.17, 15) is 0 Å². The monoisotopic (exact) mass is 868 g/mol. The summed E-state index contributed by atoms with van der Waals surface area (Å²) in [6, 6.07) is 0. The van der Waals surface area contributed by atoms with E-state index >= 15 is 0 Å². The van der Waals surface area contributed by atoms with Gasteiger partial charge < -0.3 is 96.2 Å². The van der Waals surface area contributed by atoms with Crippen LogP contribution in [0.4, 0.5) is 0 Å². The van der Waals surface area contributed by atoms with Crippen LogP contribution >= 0.6 is 39.1 Å². The molecule has 0 aliphatic rings. The Morgan fingerprint density at radius 2 is 0.367 bits per heavy atom. The molecule has 30 heavy (non-hydrogen) atoms. The van der Waals surface area contributed by atoms with Gasteiger partial charge in [0, 0.05) is 0 Å². The van der Waals surface area contributed by atoms with Crippen molar-refractivity contribution in [3.63, 3.8) is 0 Å². The van der Waals surface area contributed by atoms with Crippen LogP contribution in [0.1, 0.15) is 0 Å². The Labute approximate surface area is 261 Å². The summed E-state index contributed by atoms with van der Waals surface area (Å²) in [4.78, 5) is 128. The molecule has 160 valence electrons. The third-order valence-electron chi connectivity index (χ3n) is 0. The molecule has 0 radical (unpaired) electrons. The molecule has 0 aromatic carbocycles. The molecule has 0 saturated carbocycles. The van der Waals surface area contributed by atoms with Crippen LogP contribution < -0.4 is 92.3 Å². The molecule has 0 heterocycles. The maximum absolute atomic E-state index is 8.55. The van der Waals surface area contributed by atoms with Gasteiger partial charge in [-0.25, -0.2) is 0 Å². The van der Waals surface area contributed by atoms with Gasteiger partial charge in [0.2, 0.25) is 0 Å². The van der Waals surface area contributed by atoms with Gasteiger partial charge in [-0.15, -0.1) is 0 Å². The van der Waals surface area contributed by atoms with Crippen LogP contribution in [-0.4, -0.2) is 62.8 Å². The molecule has 0 N–H and O–H groups in total. The van der Waals surface area contributed by atoms with Gasteiger partial charge in [-0.05, 0) is 0 Å². The van der Waals surface area contributed by atoms with Crippen molar-refractivity contribution in [3.05, 3.63) is 0 Å². The average Bonchev–Trinajstić information content (AvgIpc) is 1.79. The van der Waals surface area contributed by atoms with E-state index in [1.807, 2.05) is 0 Å². The third kappa shape index (κ3) is 1450. The molecular weight excluding hydrogens is 869 g/mol. The molecule has 0 amide bonds. The summed E-state index contributed by atoms with van der Waals surface area (Å²) in [5.41, 5.74) is 0. The first-order valence-electron chi connectivity index (χ1n) is 3.65. The molecule has 30 heteroatoms. The van der Waals surface area contributed by atoms with E-state index in [0.29, 0.717) is 0 Å². The molecule has 0 aliphatic heterocycles. The number of hydrogen-bond donors (Lipinski definition) is 0. The Hall–Kier alpha value is 4.78. The van der Waals surface area contributed by atoms with Crippen molar-refractivity contribution >= 4 is 102 Å². The summed E-state index contributed by atoms with van der Waals surface area (Å²) in [7, 11) is -26.9. The van der Waals surface area contributed by atoms with Crippen LogP contribution in [0.25, 0.3) is 0 Å². The summed E-state index contributed by atoms with van der Waals surface area (Å²) >= 11 is 0. The fourth-order valence-electron chi connectivity index (χ4n) is 0. The van der Waals surface area contributed by atoms with Crippen LogP contribution in [0.15, 0.2) is 0 Å². The molecule has 0 rings (SSSR count). The van der Waals surface area contributed by atoms with Crippen molar-refractivity contribution in [1.82, 2.24) is 0 Å². The molecule has 0 unspecified atom stereocenters. The standard InChI is InChI=1S/Al.Li.5H3O4P.Sr.Ta.Zr/c;;5*1-5(2,3)4;;;/h;;5*(H3,1,2,3,4);;;/q+3;+1;;;;;;+2;+5;+4/p-15. The van der Waals surface area contributed by atoms with E-state index < -0.39 is 39.1 Å². The van der Waals surface area contributed by atoms with E-state index in [2.05, 4.69) is 0 Å². The van der Waals surface area contributed by atoms with Gasteiger partial charge in [-0.1, -0.05) is 0 Å². The van der Waals surface area contributed by atoms with Gasteiger partial charge in [-0.3, -0.25) is 0 Å². The van der Waals surface area contributed by atoms with Crippen LogP contribution in [-0.2, 0) is 71.4 Å². The minimum absolute atomic E-state index is 0. The van der Waals surface area contributed by atoms with Crippen molar-refractivity contribution < 1.29 is 164 Å². The predicted molar refractivity (Wildman–Crippen MR) is 49.5 cm³/mol. The maximum atomic E-state index is 8.55. The van der Waals surface area contributed by atoms with Gasteiger partial charge >= 0.3 is 130 Å². The van der Waals surface area contributed by atoms with Gasteiger partial charge in [0.1, 0.15) is 0 Å². The first-order valence-corrected chi connectivity index (χ1v) is 11.0. The van der Waals surface area contributed by atoms with E-state index in [-0.39, 0.29) is 130 Å². The summed E-state index contributed by atoms with van der Waals surface area (Å²) in [5, 5.41) is 0. The topological polar surface area (TPSA) is 431 Å². The van der Waals surface area contributed by atoms with Crippen molar-refractivity contribution in [3.8, 4) is 0 Å².